The first-order chi connectivity index (χ1) is 15.2. The molecule has 1 saturated heterocycles. The maximum atomic E-state index is 5.52. The summed E-state index contributed by atoms with van der Waals surface area (Å²) in [5.74, 6) is 1.71. The molecule has 0 amide bonds. The van der Waals surface area contributed by atoms with Gasteiger partial charge in [0, 0.05) is 38.9 Å². The molecule has 31 heavy (non-hydrogen) atoms. The number of methoxy groups -OCH3 is 2. The maximum Gasteiger partial charge on any atom is 0.123 e. The van der Waals surface area contributed by atoms with Crippen LogP contribution in [0, 0.1) is 5.92 Å². The third-order valence-corrected chi connectivity index (χ3v) is 6.70. The van der Waals surface area contributed by atoms with Crippen molar-refractivity contribution < 1.29 is 9.47 Å². The van der Waals surface area contributed by atoms with Gasteiger partial charge >= 0.3 is 0 Å². The fraction of sp³-hybridized carbons (Fsp3) is 0.500. The van der Waals surface area contributed by atoms with Crippen LogP contribution >= 0.6 is 11.7 Å². The normalized spacial score (nSPS) is 15.7. The summed E-state index contributed by atoms with van der Waals surface area (Å²) in [7, 11) is 3.53. The molecule has 7 heteroatoms. The van der Waals surface area contributed by atoms with Crippen LogP contribution in [0.25, 0.3) is 11.0 Å². The van der Waals surface area contributed by atoms with Crippen molar-refractivity contribution in [3.63, 3.8) is 0 Å². The van der Waals surface area contributed by atoms with E-state index in [1.54, 1.807) is 14.2 Å². The van der Waals surface area contributed by atoms with Crippen molar-refractivity contribution in [1.29, 1.82) is 0 Å². The minimum Gasteiger partial charge on any atom is -0.496 e. The summed E-state index contributed by atoms with van der Waals surface area (Å²) in [6.45, 7) is 6.98. The number of aromatic nitrogens is 2. The highest BCUT2D eigenvalue weighted by Gasteiger charge is 2.22. The molecule has 0 atom stereocenters. The van der Waals surface area contributed by atoms with E-state index in [2.05, 4.69) is 54.9 Å². The van der Waals surface area contributed by atoms with Crippen molar-refractivity contribution >= 4 is 22.8 Å². The lowest BCUT2D eigenvalue weighted by Gasteiger charge is -2.35. The van der Waals surface area contributed by atoms with E-state index in [0.29, 0.717) is 0 Å². The van der Waals surface area contributed by atoms with Crippen molar-refractivity contribution in [3.05, 3.63) is 53.6 Å². The van der Waals surface area contributed by atoms with E-state index in [1.165, 1.54) is 35.7 Å². The molecule has 3 aromatic rings. The van der Waals surface area contributed by atoms with Crippen molar-refractivity contribution in [1.82, 2.24) is 18.5 Å². The first kappa shape index (κ1) is 22.1. The van der Waals surface area contributed by atoms with Crippen LogP contribution in [0.1, 0.15) is 24.0 Å². The third kappa shape index (κ3) is 6.01. The second-order valence-corrected chi connectivity index (χ2v) is 8.88. The Hall–Kier alpha value is -2.06. The van der Waals surface area contributed by atoms with Crippen LogP contribution in [0.2, 0.25) is 0 Å². The lowest BCUT2D eigenvalue weighted by atomic mass is 9.95. The van der Waals surface area contributed by atoms with Gasteiger partial charge in [0.05, 0.1) is 25.4 Å². The van der Waals surface area contributed by atoms with Gasteiger partial charge in [0.1, 0.15) is 16.8 Å². The number of rotatable bonds is 10. The molecular weight excluding hydrogens is 408 g/mol. The summed E-state index contributed by atoms with van der Waals surface area (Å²) in [4.78, 5) is 5.09. The van der Waals surface area contributed by atoms with Gasteiger partial charge < -0.3 is 9.47 Å². The van der Waals surface area contributed by atoms with Crippen molar-refractivity contribution in [3.8, 4) is 5.75 Å². The zero-order valence-electron chi connectivity index (χ0n) is 18.5. The monoisotopic (exact) mass is 440 g/mol. The van der Waals surface area contributed by atoms with Gasteiger partial charge in [-0.3, -0.25) is 9.80 Å². The molecule has 1 aromatic heterocycles. The Morgan fingerprint density at radius 1 is 1.06 bits per heavy atom. The predicted molar refractivity (Wildman–Crippen MR) is 126 cm³/mol. The Labute approximate surface area is 189 Å². The zero-order chi connectivity index (χ0) is 21.5. The van der Waals surface area contributed by atoms with Gasteiger partial charge in [-0.25, -0.2) is 0 Å². The van der Waals surface area contributed by atoms with Crippen LogP contribution in [0.4, 0.5) is 0 Å². The Bertz CT molecular complexity index is 955. The SMILES string of the molecule is COCCN(Cc1ccc2nsnc2c1)CC1CCN(Cc2ccccc2OC)CC1. The number of piperidine rings is 1. The standard InChI is InChI=1S/C24H32N4O2S/c1-29-14-13-28(17-20-7-8-22-23(15-20)26-31-25-22)16-19-9-11-27(12-10-19)18-21-5-3-4-6-24(21)30-2/h3-8,15,19H,9-14,16-18H2,1-2H3. The quantitative estimate of drug-likeness (QED) is 0.474. The van der Waals surface area contributed by atoms with Crippen LogP contribution in [0.15, 0.2) is 42.5 Å². The number of nitrogens with zero attached hydrogens (tertiary/aromatic N) is 4. The number of ether oxygens (including phenoxy) is 2. The zero-order valence-corrected chi connectivity index (χ0v) is 19.3. The van der Waals surface area contributed by atoms with E-state index in [9.17, 15) is 0 Å². The molecule has 2 aromatic carbocycles. The van der Waals surface area contributed by atoms with E-state index < -0.39 is 0 Å². The number of benzene rings is 2. The van der Waals surface area contributed by atoms with Crippen LogP contribution in [0.3, 0.4) is 0 Å². The van der Waals surface area contributed by atoms with Gasteiger partial charge in [-0.2, -0.15) is 8.75 Å². The highest BCUT2D eigenvalue weighted by atomic mass is 32.1. The summed E-state index contributed by atoms with van der Waals surface area (Å²) >= 11 is 1.28. The Morgan fingerprint density at radius 2 is 1.87 bits per heavy atom. The number of fused-ring (bicyclic) bond motifs is 1. The highest BCUT2D eigenvalue weighted by Crippen LogP contribution is 2.24. The van der Waals surface area contributed by atoms with Gasteiger partial charge in [0.25, 0.3) is 0 Å². The molecule has 1 aliphatic rings. The number of para-hydroxylation sites is 1. The van der Waals surface area contributed by atoms with E-state index in [-0.39, 0.29) is 0 Å². The molecule has 1 aliphatic heterocycles. The first-order valence-corrected chi connectivity index (χ1v) is 11.7. The molecule has 0 unspecified atom stereocenters. The van der Waals surface area contributed by atoms with Crippen LogP contribution in [-0.2, 0) is 17.8 Å². The van der Waals surface area contributed by atoms with Gasteiger partial charge in [0.15, 0.2) is 0 Å². The Morgan fingerprint density at radius 3 is 2.68 bits per heavy atom. The molecule has 0 radical (unpaired) electrons. The van der Waals surface area contributed by atoms with Crippen molar-refractivity contribution in [2.45, 2.75) is 25.9 Å². The number of hydrogen-bond acceptors (Lipinski definition) is 7. The smallest absolute Gasteiger partial charge is 0.123 e. The first-order valence-electron chi connectivity index (χ1n) is 11.0. The maximum absolute atomic E-state index is 5.52. The van der Waals surface area contributed by atoms with Crippen LogP contribution < -0.4 is 4.74 Å². The molecule has 0 saturated carbocycles. The third-order valence-electron chi connectivity index (χ3n) is 6.15. The fourth-order valence-corrected chi connectivity index (χ4v) is 4.92. The average molecular weight is 441 g/mol. The van der Waals surface area contributed by atoms with E-state index in [0.717, 1.165) is 68.6 Å². The number of hydrogen-bond donors (Lipinski definition) is 0. The molecule has 0 N–H and O–H groups in total. The second kappa shape index (κ2) is 11.0. The van der Waals surface area contributed by atoms with E-state index in [4.69, 9.17) is 9.47 Å². The molecule has 6 nitrogen and oxygen atoms in total. The topological polar surface area (TPSA) is 50.7 Å². The van der Waals surface area contributed by atoms with Crippen LogP contribution in [-0.4, -0.2) is 65.6 Å². The fourth-order valence-electron chi connectivity index (χ4n) is 4.41. The lowest BCUT2D eigenvalue weighted by Crippen LogP contribution is -2.39. The van der Waals surface area contributed by atoms with Crippen LogP contribution in [0.5, 0.6) is 5.75 Å². The average Bonchev–Trinajstić information content (AvgIpc) is 3.27. The molecule has 0 bridgehead atoms. The summed E-state index contributed by atoms with van der Waals surface area (Å²) in [6, 6.07) is 14.8. The summed E-state index contributed by atoms with van der Waals surface area (Å²) in [5, 5.41) is 0. The number of likely N-dealkylation sites (tertiary alicyclic amines) is 1. The largest absolute Gasteiger partial charge is 0.496 e. The van der Waals surface area contributed by atoms with Gasteiger partial charge in [0.2, 0.25) is 0 Å². The summed E-state index contributed by atoms with van der Waals surface area (Å²) in [5.41, 5.74) is 4.56. The molecule has 0 spiro atoms. The highest BCUT2D eigenvalue weighted by molar-refractivity contribution is 7.00. The molecular formula is C24H32N4O2S. The Balaban J connectivity index is 1.31. The second-order valence-electron chi connectivity index (χ2n) is 8.35. The molecule has 4 rings (SSSR count). The van der Waals surface area contributed by atoms with Crippen molar-refractivity contribution in [2.24, 2.45) is 5.92 Å². The van der Waals surface area contributed by atoms with Crippen molar-refractivity contribution in [2.75, 3.05) is 47.0 Å². The molecule has 1 fully saturated rings. The minimum atomic E-state index is 0.718. The van der Waals surface area contributed by atoms with Gasteiger partial charge in [-0.15, -0.1) is 0 Å². The summed E-state index contributed by atoms with van der Waals surface area (Å²) in [6.07, 6.45) is 2.46. The van der Waals surface area contributed by atoms with Gasteiger partial charge in [-0.05, 0) is 55.6 Å². The predicted octanol–water partition coefficient (Wildman–Crippen LogP) is 4.06. The molecule has 0 aliphatic carbocycles. The summed E-state index contributed by atoms with van der Waals surface area (Å²) < 4.78 is 19.6. The van der Waals surface area contributed by atoms with E-state index >= 15 is 0 Å². The Kier molecular flexibility index (Phi) is 7.86. The van der Waals surface area contributed by atoms with Gasteiger partial charge in [-0.1, -0.05) is 24.3 Å². The lowest BCUT2D eigenvalue weighted by molar-refractivity contribution is 0.106. The molecule has 166 valence electrons. The minimum absolute atomic E-state index is 0.718. The van der Waals surface area contributed by atoms with E-state index in [1.807, 2.05) is 6.07 Å². The molecule has 2 heterocycles.